The minimum Gasteiger partial charge on any atom is -0.427 e. The van der Waals surface area contributed by atoms with E-state index < -0.39 is 24.1 Å². The van der Waals surface area contributed by atoms with Gasteiger partial charge in [-0.05, 0) is 26.8 Å². The summed E-state index contributed by atoms with van der Waals surface area (Å²) in [6, 6.07) is 0. The third-order valence-corrected chi connectivity index (χ3v) is 4.05. The number of fused-ring (bicyclic) bond motifs is 1. The van der Waals surface area contributed by atoms with E-state index in [1.807, 2.05) is 0 Å². The average Bonchev–Trinajstić information content (AvgIpc) is 2.35. The van der Waals surface area contributed by atoms with Gasteiger partial charge in [-0.1, -0.05) is 0 Å². The number of hydrogen-bond acceptors (Lipinski definition) is 6. The summed E-state index contributed by atoms with van der Waals surface area (Å²) < 4.78 is 9.75. The maximum atomic E-state index is 11.9. The fourth-order valence-corrected chi connectivity index (χ4v) is 2.87. The van der Waals surface area contributed by atoms with Crippen molar-refractivity contribution < 1.29 is 23.9 Å². The molecule has 110 valence electrons. The minimum absolute atomic E-state index is 0.0344. The quantitative estimate of drug-likeness (QED) is 0.444. The summed E-state index contributed by atoms with van der Waals surface area (Å²) in [5.41, 5.74) is -0.400. The first-order chi connectivity index (χ1) is 9.30. The first kappa shape index (κ1) is 14.9. The van der Waals surface area contributed by atoms with Crippen molar-refractivity contribution in [3.63, 3.8) is 0 Å². The van der Waals surface area contributed by atoms with Gasteiger partial charge in [0.15, 0.2) is 0 Å². The van der Waals surface area contributed by atoms with Crippen LogP contribution in [0.25, 0.3) is 0 Å². The summed E-state index contributed by atoms with van der Waals surface area (Å²) in [4.78, 5) is 36.3. The summed E-state index contributed by atoms with van der Waals surface area (Å²) in [5.74, 6) is -0.501. The molecule has 0 aliphatic carbocycles. The Hall–Kier alpha value is -1.50. The second-order valence-electron chi connectivity index (χ2n) is 5.58. The van der Waals surface area contributed by atoms with Gasteiger partial charge in [-0.2, -0.15) is 0 Å². The van der Waals surface area contributed by atoms with Crippen molar-refractivity contribution in [3.05, 3.63) is 11.8 Å². The molecular weight excluding hydrogens is 282 g/mol. The van der Waals surface area contributed by atoms with E-state index in [1.165, 1.54) is 4.90 Å². The molecule has 0 bridgehead atoms. The highest BCUT2D eigenvalue weighted by Gasteiger charge is 2.43. The molecule has 1 atom stereocenters. The molecule has 0 saturated carbocycles. The number of β-lactam (4-membered cyclic amide) rings is 1. The van der Waals surface area contributed by atoms with E-state index in [0.717, 1.165) is 0 Å². The Kier molecular flexibility index (Phi) is 4.08. The SMILES string of the molecule is CC(C)(C)C(=O)OCOC(=O)C1=CCSC2CC(=O)N12. The Bertz CT molecular complexity index is 480. The van der Waals surface area contributed by atoms with Crippen molar-refractivity contribution >= 4 is 29.6 Å². The maximum absolute atomic E-state index is 11.9. The Labute approximate surface area is 121 Å². The van der Waals surface area contributed by atoms with Crippen LogP contribution in [0.1, 0.15) is 27.2 Å². The van der Waals surface area contributed by atoms with Crippen LogP contribution >= 0.6 is 11.8 Å². The summed E-state index contributed by atoms with van der Waals surface area (Å²) >= 11 is 1.61. The van der Waals surface area contributed by atoms with Gasteiger partial charge in [0.2, 0.25) is 12.7 Å². The van der Waals surface area contributed by atoms with Gasteiger partial charge in [0.05, 0.1) is 17.2 Å². The van der Waals surface area contributed by atoms with Gasteiger partial charge >= 0.3 is 11.9 Å². The molecule has 1 amide bonds. The second-order valence-corrected chi connectivity index (χ2v) is 6.79. The van der Waals surface area contributed by atoms with E-state index in [9.17, 15) is 14.4 Å². The molecule has 0 aromatic heterocycles. The molecule has 6 nitrogen and oxygen atoms in total. The number of amides is 1. The van der Waals surface area contributed by atoms with Crippen LogP contribution in [0.2, 0.25) is 0 Å². The van der Waals surface area contributed by atoms with E-state index >= 15 is 0 Å². The molecule has 20 heavy (non-hydrogen) atoms. The monoisotopic (exact) mass is 299 g/mol. The van der Waals surface area contributed by atoms with E-state index in [-0.39, 0.29) is 17.0 Å². The smallest absolute Gasteiger partial charge is 0.357 e. The van der Waals surface area contributed by atoms with E-state index in [2.05, 4.69) is 0 Å². The molecule has 0 aromatic rings. The van der Waals surface area contributed by atoms with Gasteiger partial charge in [0.25, 0.3) is 0 Å². The molecule has 0 N–H and O–H groups in total. The minimum atomic E-state index is -0.647. The highest BCUT2D eigenvalue weighted by atomic mass is 32.2. The molecule has 1 saturated heterocycles. The molecule has 1 fully saturated rings. The average molecular weight is 299 g/mol. The van der Waals surface area contributed by atoms with Crippen LogP contribution in [-0.2, 0) is 23.9 Å². The Balaban J connectivity index is 1.85. The van der Waals surface area contributed by atoms with Crippen LogP contribution in [-0.4, -0.2) is 40.7 Å². The van der Waals surface area contributed by atoms with Crippen molar-refractivity contribution in [1.82, 2.24) is 4.90 Å². The summed E-state index contributed by atoms with van der Waals surface area (Å²) in [6.07, 6.45) is 2.11. The summed E-state index contributed by atoms with van der Waals surface area (Å²) in [5, 5.41) is 0.0344. The normalized spacial score (nSPS) is 21.6. The topological polar surface area (TPSA) is 72.9 Å². The van der Waals surface area contributed by atoms with Crippen molar-refractivity contribution in [2.75, 3.05) is 12.5 Å². The Morgan fingerprint density at radius 2 is 2.10 bits per heavy atom. The molecule has 0 spiro atoms. The standard InChI is InChI=1S/C13H17NO5S/c1-13(2,3)12(17)19-7-18-11(16)8-4-5-20-10-6-9(15)14(8)10/h4,10H,5-7H2,1-3H3. The highest BCUT2D eigenvalue weighted by molar-refractivity contribution is 8.00. The number of carbonyl (C=O) groups is 3. The number of ether oxygens (including phenoxy) is 2. The fraction of sp³-hybridized carbons (Fsp3) is 0.615. The molecule has 2 aliphatic heterocycles. The van der Waals surface area contributed by atoms with Gasteiger partial charge in [-0.25, -0.2) is 4.79 Å². The third kappa shape index (κ3) is 2.98. The lowest BCUT2D eigenvalue weighted by Crippen LogP contribution is -2.53. The zero-order valence-electron chi connectivity index (χ0n) is 11.7. The Morgan fingerprint density at radius 3 is 2.70 bits per heavy atom. The number of thioether (sulfide) groups is 1. The zero-order valence-corrected chi connectivity index (χ0v) is 12.5. The van der Waals surface area contributed by atoms with Crippen LogP contribution in [0.3, 0.4) is 0 Å². The van der Waals surface area contributed by atoms with E-state index in [4.69, 9.17) is 9.47 Å². The molecule has 7 heteroatoms. The lowest BCUT2D eigenvalue weighted by molar-refractivity contribution is -0.173. The molecule has 2 heterocycles. The molecule has 0 aromatic carbocycles. The lowest BCUT2D eigenvalue weighted by atomic mass is 9.98. The summed E-state index contributed by atoms with van der Waals surface area (Å²) in [6.45, 7) is 4.69. The molecule has 1 unspecified atom stereocenters. The van der Waals surface area contributed by atoms with Crippen molar-refractivity contribution in [3.8, 4) is 0 Å². The second kappa shape index (κ2) is 5.47. The number of hydrogen-bond donors (Lipinski definition) is 0. The van der Waals surface area contributed by atoms with Crippen LogP contribution in [0.5, 0.6) is 0 Å². The van der Waals surface area contributed by atoms with Crippen molar-refractivity contribution in [1.29, 1.82) is 0 Å². The van der Waals surface area contributed by atoms with Crippen molar-refractivity contribution in [2.45, 2.75) is 32.6 Å². The van der Waals surface area contributed by atoms with E-state index in [1.54, 1.807) is 38.6 Å². The largest absolute Gasteiger partial charge is 0.427 e. The van der Waals surface area contributed by atoms with Crippen LogP contribution in [0.15, 0.2) is 11.8 Å². The number of esters is 2. The van der Waals surface area contributed by atoms with Gasteiger partial charge in [0.1, 0.15) is 5.70 Å². The van der Waals surface area contributed by atoms with Crippen LogP contribution in [0.4, 0.5) is 0 Å². The lowest BCUT2D eigenvalue weighted by Gasteiger charge is -2.42. The van der Waals surface area contributed by atoms with Crippen LogP contribution in [0, 0.1) is 5.41 Å². The molecule has 0 radical (unpaired) electrons. The predicted molar refractivity (Wildman–Crippen MR) is 72.3 cm³/mol. The van der Waals surface area contributed by atoms with Gasteiger partial charge < -0.3 is 9.47 Å². The van der Waals surface area contributed by atoms with Gasteiger partial charge in [-0.15, -0.1) is 11.8 Å². The zero-order chi connectivity index (χ0) is 14.9. The Morgan fingerprint density at radius 1 is 1.40 bits per heavy atom. The van der Waals surface area contributed by atoms with Crippen LogP contribution < -0.4 is 0 Å². The highest BCUT2D eigenvalue weighted by Crippen LogP contribution is 2.37. The maximum Gasteiger partial charge on any atom is 0.357 e. The molecule has 2 aliphatic rings. The first-order valence-electron chi connectivity index (χ1n) is 6.29. The molecular formula is C13H17NO5S. The van der Waals surface area contributed by atoms with Gasteiger partial charge in [-0.3, -0.25) is 14.5 Å². The number of rotatable bonds is 3. The predicted octanol–water partition coefficient (Wildman–Crippen LogP) is 1.27. The first-order valence-corrected chi connectivity index (χ1v) is 7.34. The third-order valence-electron chi connectivity index (χ3n) is 2.93. The number of nitrogens with zero attached hydrogens (tertiary/aromatic N) is 1. The summed E-state index contributed by atoms with van der Waals surface area (Å²) in [7, 11) is 0. The molecule has 2 rings (SSSR count). The van der Waals surface area contributed by atoms with Crippen molar-refractivity contribution in [2.24, 2.45) is 5.41 Å². The number of carbonyl (C=O) groups excluding carboxylic acids is 3. The van der Waals surface area contributed by atoms with E-state index in [0.29, 0.717) is 12.2 Å². The fourth-order valence-electron chi connectivity index (χ4n) is 1.76. The van der Waals surface area contributed by atoms with Gasteiger partial charge in [0, 0.05) is 5.75 Å².